The van der Waals surface area contributed by atoms with E-state index in [1.54, 1.807) is 0 Å². The largest absolute Gasteiger partial charge is 0.477 e. The molecule has 9 nitrogen and oxygen atoms in total. The minimum absolute atomic E-state index is 0.183. The molecule has 0 radical (unpaired) electrons. The number of hydrogen-bond acceptors (Lipinski definition) is 9. The van der Waals surface area contributed by atoms with Gasteiger partial charge in [-0.2, -0.15) is 0 Å². The third-order valence-electron chi connectivity index (χ3n) is 5.14. The van der Waals surface area contributed by atoms with E-state index in [1.165, 1.54) is 11.8 Å². The number of nitrogens with one attached hydrogen (secondary N) is 1. The smallest absolute Gasteiger partial charge is 0.347 e. The maximum Gasteiger partial charge on any atom is 0.347 e. The Morgan fingerprint density at radius 2 is 1.97 bits per heavy atom. The summed E-state index contributed by atoms with van der Waals surface area (Å²) in [6.45, 7) is 7.73. The highest BCUT2D eigenvalue weighted by Gasteiger charge is 2.19. The standard InChI is InChI=1S/C22H26N6O3S/c1-16-24-19(26-22-23-14-18(32-22)21(29)30)13-20(25-16)28-9-7-27(8-10-28)11-12-31-15-17-5-3-2-4-6-17/h2-6,13-14H,7-12,15H2,1H3,(H,29,30)(H,23,24,25,26). The lowest BCUT2D eigenvalue weighted by atomic mass is 10.2. The Hall–Kier alpha value is -3.08. The Labute approximate surface area is 190 Å². The van der Waals surface area contributed by atoms with Gasteiger partial charge in [0, 0.05) is 38.8 Å². The zero-order valence-electron chi connectivity index (χ0n) is 17.9. The first-order valence-corrected chi connectivity index (χ1v) is 11.3. The van der Waals surface area contributed by atoms with Gasteiger partial charge in [0.2, 0.25) is 0 Å². The fourth-order valence-corrected chi connectivity index (χ4v) is 4.14. The molecule has 3 heterocycles. The number of aromatic nitrogens is 3. The van der Waals surface area contributed by atoms with E-state index >= 15 is 0 Å². The summed E-state index contributed by atoms with van der Waals surface area (Å²) in [4.78, 5) is 29.0. The van der Waals surface area contributed by atoms with Crippen LogP contribution in [0.4, 0.5) is 16.8 Å². The highest BCUT2D eigenvalue weighted by Crippen LogP contribution is 2.24. The fraction of sp³-hybridized carbons (Fsp3) is 0.364. The zero-order chi connectivity index (χ0) is 22.3. The van der Waals surface area contributed by atoms with E-state index in [1.807, 2.05) is 31.2 Å². The molecule has 10 heteroatoms. The highest BCUT2D eigenvalue weighted by molar-refractivity contribution is 7.17. The van der Waals surface area contributed by atoms with Crippen molar-refractivity contribution in [3.05, 3.63) is 58.9 Å². The second-order valence-electron chi connectivity index (χ2n) is 7.49. The number of hydrogen-bond donors (Lipinski definition) is 2. The molecule has 168 valence electrons. The normalized spacial score (nSPS) is 14.5. The number of anilines is 3. The number of carbonyl (C=O) groups is 1. The van der Waals surface area contributed by atoms with E-state index in [2.05, 4.69) is 42.2 Å². The summed E-state index contributed by atoms with van der Waals surface area (Å²) in [6.07, 6.45) is 1.34. The molecule has 1 saturated heterocycles. The van der Waals surface area contributed by atoms with Crippen LogP contribution in [0.3, 0.4) is 0 Å². The van der Waals surface area contributed by atoms with Gasteiger partial charge in [0.05, 0.1) is 19.4 Å². The molecule has 0 saturated carbocycles. The molecule has 1 aliphatic heterocycles. The lowest BCUT2D eigenvalue weighted by Crippen LogP contribution is -2.47. The molecule has 0 atom stereocenters. The van der Waals surface area contributed by atoms with E-state index in [4.69, 9.17) is 9.84 Å². The van der Waals surface area contributed by atoms with Crippen LogP contribution < -0.4 is 10.2 Å². The molecule has 0 amide bonds. The van der Waals surface area contributed by atoms with E-state index in [0.29, 0.717) is 30.0 Å². The van der Waals surface area contributed by atoms with Crippen molar-refractivity contribution in [2.75, 3.05) is 49.5 Å². The van der Waals surface area contributed by atoms with Crippen molar-refractivity contribution < 1.29 is 14.6 Å². The molecule has 2 N–H and O–H groups in total. The Balaban J connectivity index is 1.27. The molecule has 1 aromatic carbocycles. The minimum Gasteiger partial charge on any atom is -0.477 e. The van der Waals surface area contributed by atoms with Gasteiger partial charge in [0.1, 0.15) is 22.3 Å². The molecule has 4 rings (SSSR count). The van der Waals surface area contributed by atoms with Crippen LogP contribution >= 0.6 is 11.3 Å². The maximum absolute atomic E-state index is 11.1. The van der Waals surface area contributed by atoms with Gasteiger partial charge in [0.25, 0.3) is 0 Å². The van der Waals surface area contributed by atoms with Gasteiger partial charge in [-0.15, -0.1) is 0 Å². The number of carboxylic acid groups (broad SMARTS) is 1. The molecule has 1 aliphatic rings. The number of nitrogens with zero attached hydrogens (tertiary/aromatic N) is 5. The van der Waals surface area contributed by atoms with E-state index in [0.717, 1.165) is 49.9 Å². The molecule has 0 spiro atoms. The number of rotatable bonds is 9. The number of piperazine rings is 1. The van der Waals surface area contributed by atoms with Crippen molar-refractivity contribution in [1.82, 2.24) is 19.9 Å². The van der Waals surface area contributed by atoms with Crippen molar-refractivity contribution >= 4 is 34.1 Å². The van der Waals surface area contributed by atoms with E-state index in [9.17, 15) is 4.79 Å². The predicted molar refractivity (Wildman–Crippen MR) is 124 cm³/mol. The van der Waals surface area contributed by atoms with Gasteiger partial charge in [-0.25, -0.2) is 19.7 Å². The van der Waals surface area contributed by atoms with Crippen molar-refractivity contribution in [3.63, 3.8) is 0 Å². The minimum atomic E-state index is -0.988. The van der Waals surface area contributed by atoms with Crippen molar-refractivity contribution in [3.8, 4) is 0 Å². The van der Waals surface area contributed by atoms with E-state index in [-0.39, 0.29) is 4.88 Å². The van der Waals surface area contributed by atoms with Crippen LogP contribution in [0.5, 0.6) is 0 Å². The topological polar surface area (TPSA) is 104 Å². The Morgan fingerprint density at radius 1 is 1.19 bits per heavy atom. The van der Waals surface area contributed by atoms with Crippen LogP contribution in [-0.2, 0) is 11.3 Å². The average molecular weight is 455 g/mol. The predicted octanol–water partition coefficient (Wildman–Crippen LogP) is 3.02. The molecule has 32 heavy (non-hydrogen) atoms. The van der Waals surface area contributed by atoms with Gasteiger partial charge in [-0.3, -0.25) is 4.90 Å². The van der Waals surface area contributed by atoms with Crippen LogP contribution in [0, 0.1) is 6.92 Å². The molecule has 0 unspecified atom stereocenters. The Morgan fingerprint density at radius 3 is 2.69 bits per heavy atom. The van der Waals surface area contributed by atoms with E-state index < -0.39 is 5.97 Å². The quantitative estimate of drug-likeness (QED) is 0.472. The zero-order valence-corrected chi connectivity index (χ0v) is 18.7. The maximum atomic E-state index is 11.1. The fourth-order valence-electron chi connectivity index (χ4n) is 3.48. The van der Waals surface area contributed by atoms with Crippen molar-refractivity contribution in [2.24, 2.45) is 0 Å². The first-order valence-electron chi connectivity index (χ1n) is 10.5. The number of benzene rings is 1. The van der Waals surface area contributed by atoms with Gasteiger partial charge in [0.15, 0.2) is 5.13 Å². The Bertz CT molecular complexity index is 1040. The second kappa shape index (κ2) is 10.5. The van der Waals surface area contributed by atoms with Gasteiger partial charge >= 0.3 is 5.97 Å². The summed E-state index contributed by atoms with van der Waals surface area (Å²) in [6, 6.07) is 12.1. The van der Waals surface area contributed by atoms with Crippen LogP contribution in [0.15, 0.2) is 42.6 Å². The summed E-state index contributed by atoms with van der Waals surface area (Å²) in [5.74, 6) is 1.13. The van der Waals surface area contributed by atoms with Gasteiger partial charge in [-0.1, -0.05) is 41.7 Å². The van der Waals surface area contributed by atoms with Crippen LogP contribution in [0.25, 0.3) is 0 Å². The number of carboxylic acids is 1. The summed E-state index contributed by atoms with van der Waals surface area (Å²) in [5, 5.41) is 12.7. The number of aryl methyl sites for hydroxylation is 1. The first kappa shape index (κ1) is 22.1. The number of ether oxygens (including phenoxy) is 1. The lowest BCUT2D eigenvalue weighted by molar-refractivity contribution is 0.0702. The summed E-state index contributed by atoms with van der Waals surface area (Å²) in [5.41, 5.74) is 1.19. The monoisotopic (exact) mass is 454 g/mol. The summed E-state index contributed by atoms with van der Waals surface area (Å²) >= 11 is 1.08. The van der Waals surface area contributed by atoms with Gasteiger partial charge < -0.3 is 20.1 Å². The summed E-state index contributed by atoms with van der Waals surface area (Å²) in [7, 11) is 0. The second-order valence-corrected chi connectivity index (χ2v) is 8.52. The molecule has 0 bridgehead atoms. The van der Waals surface area contributed by atoms with Crippen molar-refractivity contribution in [1.29, 1.82) is 0 Å². The van der Waals surface area contributed by atoms with Crippen molar-refractivity contribution in [2.45, 2.75) is 13.5 Å². The number of aromatic carboxylic acids is 1. The first-order chi connectivity index (χ1) is 15.6. The molecule has 0 aliphatic carbocycles. The molecular formula is C22H26N6O3S. The third kappa shape index (κ3) is 6.00. The van der Waals surface area contributed by atoms with Crippen LogP contribution in [-0.4, -0.2) is 70.3 Å². The molecule has 1 fully saturated rings. The molecular weight excluding hydrogens is 428 g/mol. The Kier molecular flexibility index (Phi) is 7.25. The highest BCUT2D eigenvalue weighted by atomic mass is 32.1. The average Bonchev–Trinajstić information content (AvgIpc) is 3.26. The van der Waals surface area contributed by atoms with Gasteiger partial charge in [-0.05, 0) is 12.5 Å². The molecule has 2 aromatic heterocycles. The SMILES string of the molecule is Cc1nc(Nc2ncc(C(=O)O)s2)cc(N2CCN(CCOCc3ccccc3)CC2)n1. The van der Waals surface area contributed by atoms with Crippen LogP contribution in [0.1, 0.15) is 21.1 Å². The summed E-state index contributed by atoms with van der Waals surface area (Å²) < 4.78 is 5.81. The molecule has 3 aromatic rings. The lowest BCUT2D eigenvalue weighted by Gasteiger charge is -2.35. The number of thiazole rings is 1. The van der Waals surface area contributed by atoms with Crippen LogP contribution in [0.2, 0.25) is 0 Å². The third-order valence-corrected chi connectivity index (χ3v) is 6.04.